The number of aliphatic imine (C=N–C) groups is 1. The second-order valence-corrected chi connectivity index (χ2v) is 6.49. The molecule has 5 nitrogen and oxygen atoms in total. The van der Waals surface area contributed by atoms with E-state index in [1.54, 1.807) is 0 Å². The van der Waals surface area contributed by atoms with E-state index in [2.05, 4.69) is 83.6 Å². The standard InChI is InChI=1S/C20H37N5/c1-6-25(7-2)16-15-23-20(21-4)22-14-13-18(3)24(5)17-19-11-9-8-10-12-19/h8-12,18H,6-7,13-17H2,1-5H3,(H2,21,22,23). The summed E-state index contributed by atoms with van der Waals surface area (Å²) < 4.78 is 0. The molecule has 5 heteroatoms. The third-order valence-corrected chi connectivity index (χ3v) is 4.72. The second kappa shape index (κ2) is 12.7. The molecule has 0 saturated heterocycles. The molecule has 0 fully saturated rings. The summed E-state index contributed by atoms with van der Waals surface area (Å²) in [6.07, 6.45) is 1.08. The van der Waals surface area contributed by atoms with Crippen LogP contribution in [0.2, 0.25) is 0 Å². The van der Waals surface area contributed by atoms with Gasteiger partial charge in [0.1, 0.15) is 0 Å². The van der Waals surface area contributed by atoms with Crippen LogP contribution in [0.4, 0.5) is 0 Å². The number of nitrogens with one attached hydrogen (secondary N) is 2. The maximum Gasteiger partial charge on any atom is 0.191 e. The van der Waals surface area contributed by atoms with Gasteiger partial charge in [0.25, 0.3) is 0 Å². The van der Waals surface area contributed by atoms with E-state index >= 15 is 0 Å². The lowest BCUT2D eigenvalue weighted by Gasteiger charge is -2.25. The van der Waals surface area contributed by atoms with Gasteiger partial charge in [0.05, 0.1) is 0 Å². The Morgan fingerprint density at radius 2 is 1.72 bits per heavy atom. The minimum absolute atomic E-state index is 0.515. The zero-order chi connectivity index (χ0) is 18.5. The Morgan fingerprint density at radius 3 is 2.32 bits per heavy atom. The monoisotopic (exact) mass is 347 g/mol. The first-order chi connectivity index (χ1) is 12.1. The SMILES string of the molecule is CCN(CC)CCNC(=NC)NCCC(C)N(C)Cc1ccccc1. The highest BCUT2D eigenvalue weighted by Crippen LogP contribution is 2.07. The lowest BCUT2D eigenvalue weighted by molar-refractivity contribution is 0.238. The molecular weight excluding hydrogens is 310 g/mol. The van der Waals surface area contributed by atoms with E-state index in [0.717, 1.165) is 51.6 Å². The Kier molecular flexibility index (Phi) is 10.9. The summed E-state index contributed by atoms with van der Waals surface area (Å²) >= 11 is 0. The number of likely N-dealkylation sites (N-methyl/N-ethyl adjacent to an activating group) is 1. The van der Waals surface area contributed by atoms with Gasteiger partial charge in [0.15, 0.2) is 5.96 Å². The molecule has 0 amide bonds. The van der Waals surface area contributed by atoms with Crippen LogP contribution in [0.5, 0.6) is 0 Å². The first-order valence-corrected chi connectivity index (χ1v) is 9.51. The molecule has 0 saturated carbocycles. The molecule has 142 valence electrons. The highest BCUT2D eigenvalue weighted by atomic mass is 15.2. The number of guanidine groups is 1. The van der Waals surface area contributed by atoms with E-state index in [4.69, 9.17) is 0 Å². The average molecular weight is 348 g/mol. The van der Waals surface area contributed by atoms with Crippen molar-refractivity contribution in [2.45, 2.75) is 39.8 Å². The molecule has 1 aromatic carbocycles. The molecule has 25 heavy (non-hydrogen) atoms. The van der Waals surface area contributed by atoms with Crippen LogP contribution in [0.25, 0.3) is 0 Å². The summed E-state index contributed by atoms with van der Waals surface area (Å²) in [4.78, 5) is 9.11. The Morgan fingerprint density at radius 1 is 1.08 bits per heavy atom. The third kappa shape index (κ3) is 8.89. The quantitative estimate of drug-likeness (QED) is 0.476. The van der Waals surface area contributed by atoms with Crippen LogP contribution >= 0.6 is 0 Å². The molecule has 1 rings (SSSR count). The molecule has 0 heterocycles. The van der Waals surface area contributed by atoms with Crippen molar-refractivity contribution in [3.05, 3.63) is 35.9 Å². The highest BCUT2D eigenvalue weighted by molar-refractivity contribution is 5.79. The van der Waals surface area contributed by atoms with Gasteiger partial charge in [-0.05, 0) is 39.0 Å². The zero-order valence-electron chi connectivity index (χ0n) is 16.8. The predicted molar refractivity (Wildman–Crippen MR) is 109 cm³/mol. The molecule has 0 aromatic heterocycles. The second-order valence-electron chi connectivity index (χ2n) is 6.49. The van der Waals surface area contributed by atoms with Crippen molar-refractivity contribution in [2.24, 2.45) is 4.99 Å². The van der Waals surface area contributed by atoms with Gasteiger partial charge in [-0.25, -0.2) is 0 Å². The normalized spacial score (nSPS) is 13.3. The third-order valence-electron chi connectivity index (χ3n) is 4.72. The molecule has 0 bridgehead atoms. The van der Waals surface area contributed by atoms with Crippen LogP contribution in [0.15, 0.2) is 35.3 Å². The summed E-state index contributed by atoms with van der Waals surface area (Å²) in [6.45, 7) is 12.7. The van der Waals surface area contributed by atoms with Gasteiger partial charge in [-0.2, -0.15) is 0 Å². The van der Waals surface area contributed by atoms with Crippen LogP contribution in [0, 0.1) is 0 Å². The molecule has 0 radical (unpaired) electrons. The van der Waals surface area contributed by atoms with E-state index in [1.165, 1.54) is 5.56 Å². The summed E-state index contributed by atoms with van der Waals surface area (Å²) in [5, 5.41) is 6.82. The minimum Gasteiger partial charge on any atom is -0.356 e. The summed E-state index contributed by atoms with van der Waals surface area (Å²) in [5.41, 5.74) is 1.36. The first kappa shape index (κ1) is 21.5. The van der Waals surface area contributed by atoms with Gasteiger partial charge in [0.2, 0.25) is 0 Å². The van der Waals surface area contributed by atoms with Gasteiger partial charge in [-0.3, -0.25) is 9.89 Å². The number of benzene rings is 1. The number of rotatable bonds is 11. The van der Waals surface area contributed by atoms with Crippen LogP contribution < -0.4 is 10.6 Å². The van der Waals surface area contributed by atoms with E-state index < -0.39 is 0 Å². The Balaban J connectivity index is 2.24. The fraction of sp³-hybridized carbons (Fsp3) is 0.650. The van der Waals surface area contributed by atoms with E-state index in [-0.39, 0.29) is 0 Å². The van der Waals surface area contributed by atoms with Crippen LogP contribution in [-0.2, 0) is 6.54 Å². The molecule has 1 atom stereocenters. The molecule has 0 spiro atoms. The summed E-state index contributed by atoms with van der Waals surface area (Å²) in [7, 11) is 4.02. The number of hydrogen-bond acceptors (Lipinski definition) is 3. The predicted octanol–water partition coefficient (Wildman–Crippen LogP) is 2.40. The van der Waals surface area contributed by atoms with Crippen molar-refractivity contribution in [1.29, 1.82) is 0 Å². The molecule has 1 aromatic rings. The average Bonchev–Trinajstić information content (AvgIpc) is 2.64. The van der Waals surface area contributed by atoms with Crippen LogP contribution in [0.1, 0.15) is 32.8 Å². The minimum atomic E-state index is 0.515. The van der Waals surface area contributed by atoms with Crippen LogP contribution in [-0.4, -0.2) is 68.6 Å². The summed E-state index contributed by atoms with van der Waals surface area (Å²) in [5.74, 6) is 0.894. The van der Waals surface area contributed by atoms with Gasteiger partial charge in [0, 0.05) is 39.3 Å². The number of hydrogen-bond donors (Lipinski definition) is 2. The van der Waals surface area contributed by atoms with Crippen molar-refractivity contribution < 1.29 is 0 Å². The van der Waals surface area contributed by atoms with Crippen molar-refractivity contribution in [3.8, 4) is 0 Å². The number of nitrogens with zero attached hydrogens (tertiary/aromatic N) is 3. The fourth-order valence-corrected chi connectivity index (χ4v) is 2.74. The van der Waals surface area contributed by atoms with Crippen molar-refractivity contribution in [3.63, 3.8) is 0 Å². The first-order valence-electron chi connectivity index (χ1n) is 9.51. The van der Waals surface area contributed by atoms with Gasteiger partial charge >= 0.3 is 0 Å². The Labute approximate surface area is 154 Å². The largest absolute Gasteiger partial charge is 0.356 e. The molecule has 0 aliphatic rings. The zero-order valence-corrected chi connectivity index (χ0v) is 16.8. The summed E-state index contributed by atoms with van der Waals surface area (Å²) in [6, 6.07) is 11.1. The molecule has 0 aliphatic heterocycles. The Hall–Kier alpha value is -1.59. The van der Waals surface area contributed by atoms with Gasteiger partial charge in [-0.1, -0.05) is 44.2 Å². The van der Waals surface area contributed by atoms with E-state index in [1.807, 2.05) is 7.05 Å². The Bertz CT molecular complexity index is 470. The molecule has 1 unspecified atom stereocenters. The maximum absolute atomic E-state index is 4.31. The smallest absolute Gasteiger partial charge is 0.191 e. The van der Waals surface area contributed by atoms with Crippen LogP contribution in [0.3, 0.4) is 0 Å². The van der Waals surface area contributed by atoms with E-state index in [0.29, 0.717) is 6.04 Å². The van der Waals surface area contributed by atoms with Crippen molar-refractivity contribution in [2.75, 3.05) is 46.8 Å². The lowest BCUT2D eigenvalue weighted by Crippen LogP contribution is -2.43. The fourth-order valence-electron chi connectivity index (χ4n) is 2.74. The molecule has 0 aliphatic carbocycles. The highest BCUT2D eigenvalue weighted by Gasteiger charge is 2.09. The molecule has 2 N–H and O–H groups in total. The van der Waals surface area contributed by atoms with Gasteiger partial charge in [-0.15, -0.1) is 0 Å². The lowest BCUT2D eigenvalue weighted by atomic mass is 10.1. The maximum atomic E-state index is 4.31. The van der Waals surface area contributed by atoms with E-state index in [9.17, 15) is 0 Å². The van der Waals surface area contributed by atoms with Crippen molar-refractivity contribution >= 4 is 5.96 Å². The van der Waals surface area contributed by atoms with Crippen molar-refractivity contribution in [1.82, 2.24) is 20.4 Å². The molecular formula is C20H37N5. The van der Waals surface area contributed by atoms with Gasteiger partial charge < -0.3 is 15.5 Å². The topological polar surface area (TPSA) is 42.9 Å².